The molecule has 1 aliphatic rings. The molecule has 1 fully saturated rings. The summed E-state index contributed by atoms with van der Waals surface area (Å²) in [7, 11) is 0. The van der Waals surface area contributed by atoms with Crippen molar-refractivity contribution in [1.82, 2.24) is 0 Å². The highest BCUT2D eigenvalue weighted by molar-refractivity contribution is 14.1. The molecule has 3 heteroatoms. The van der Waals surface area contributed by atoms with Gasteiger partial charge in [-0.1, -0.05) is 46.6 Å². The van der Waals surface area contributed by atoms with Crippen molar-refractivity contribution in [2.45, 2.75) is 25.2 Å². The monoisotopic (exact) mass is 440 g/mol. The Hall–Kier alpha value is -0.680. The molecule has 1 nitrogen and oxygen atoms in total. The van der Waals surface area contributed by atoms with Crippen LogP contribution in [0.3, 0.4) is 0 Å². The van der Waals surface area contributed by atoms with E-state index >= 15 is 0 Å². The molecule has 0 spiro atoms. The van der Waals surface area contributed by atoms with Crippen LogP contribution in [0.25, 0.3) is 0 Å². The van der Waals surface area contributed by atoms with Gasteiger partial charge in [-0.15, -0.1) is 0 Å². The number of benzene rings is 2. The zero-order valence-corrected chi connectivity index (χ0v) is 14.6. The minimum atomic E-state index is 0.137. The fraction of sp³-hybridized carbons (Fsp3) is 0.235. The molecule has 20 heavy (non-hydrogen) atoms. The summed E-state index contributed by atoms with van der Waals surface area (Å²) in [5, 5.41) is 0. The Kier molecular flexibility index (Phi) is 4.26. The van der Waals surface area contributed by atoms with Gasteiger partial charge in [0.05, 0.1) is 0 Å². The largest absolute Gasteiger partial charge is 0.289 e. The molecule has 0 unspecified atom stereocenters. The van der Waals surface area contributed by atoms with E-state index in [0.717, 1.165) is 19.2 Å². The van der Waals surface area contributed by atoms with E-state index in [9.17, 15) is 4.79 Å². The summed E-state index contributed by atoms with van der Waals surface area (Å²) >= 11 is 5.68. The van der Waals surface area contributed by atoms with Gasteiger partial charge in [0.2, 0.25) is 0 Å². The summed E-state index contributed by atoms with van der Waals surface area (Å²) in [5.74, 6) is 0.707. The summed E-state index contributed by atoms with van der Waals surface area (Å²) < 4.78 is 1.95. The summed E-state index contributed by atoms with van der Waals surface area (Å²) in [6.45, 7) is 0. The lowest BCUT2D eigenvalue weighted by molar-refractivity contribution is 0.103. The van der Waals surface area contributed by atoms with Crippen LogP contribution in [0.15, 0.2) is 46.9 Å². The quantitative estimate of drug-likeness (QED) is 0.451. The first kappa shape index (κ1) is 14.3. The van der Waals surface area contributed by atoms with E-state index in [4.69, 9.17) is 0 Å². The minimum absolute atomic E-state index is 0.137. The minimum Gasteiger partial charge on any atom is -0.289 e. The fourth-order valence-corrected chi connectivity index (χ4v) is 3.54. The molecule has 2 aromatic rings. The van der Waals surface area contributed by atoms with Gasteiger partial charge in [0.25, 0.3) is 0 Å². The van der Waals surface area contributed by atoms with Crippen molar-refractivity contribution in [3.63, 3.8) is 0 Å². The molecule has 0 radical (unpaired) electrons. The van der Waals surface area contributed by atoms with Crippen LogP contribution in [0, 0.1) is 3.57 Å². The van der Waals surface area contributed by atoms with Gasteiger partial charge in [-0.05, 0) is 65.1 Å². The van der Waals surface area contributed by atoms with Gasteiger partial charge < -0.3 is 0 Å². The van der Waals surface area contributed by atoms with E-state index in [0.29, 0.717) is 5.92 Å². The number of hydrogen-bond acceptors (Lipinski definition) is 1. The van der Waals surface area contributed by atoms with Crippen molar-refractivity contribution in [2.24, 2.45) is 0 Å². The van der Waals surface area contributed by atoms with Crippen LogP contribution < -0.4 is 0 Å². The summed E-state index contributed by atoms with van der Waals surface area (Å²) in [5.41, 5.74) is 2.87. The molecular formula is C17H14BrIO. The predicted octanol–water partition coefficient (Wildman–Crippen LogP) is 5.55. The first-order valence-electron chi connectivity index (χ1n) is 6.75. The molecule has 1 saturated carbocycles. The van der Waals surface area contributed by atoms with Crippen LogP contribution in [0.2, 0.25) is 0 Å². The molecule has 102 valence electrons. The SMILES string of the molecule is O=C(c1cc(Br)ccc1I)c1ccccc1C1CCC1. The molecule has 0 amide bonds. The van der Waals surface area contributed by atoms with Gasteiger partial charge in [0.15, 0.2) is 5.78 Å². The van der Waals surface area contributed by atoms with E-state index < -0.39 is 0 Å². The van der Waals surface area contributed by atoms with Crippen molar-refractivity contribution in [1.29, 1.82) is 0 Å². The number of carbonyl (C=O) groups is 1. The molecule has 2 aromatic carbocycles. The van der Waals surface area contributed by atoms with Gasteiger partial charge in [0, 0.05) is 19.2 Å². The summed E-state index contributed by atoms with van der Waals surface area (Å²) in [4.78, 5) is 12.9. The number of rotatable bonds is 3. The molecule has 0 atom stereocenters. The van der Waals surface area contributed by atoms with Gasteiger partial charge in [0.1, 0.15) is 0 Å². The Labute approximate surface area is 141 Å². The van der Waals surface area contributed by atoms with E-state index in [1.807, 2.05) is 36.4 Å². The average molecular weight is 441 g/mol. The Bertz CT molecular complexity index is 662. The average Bonchev–Trinajstić information content (AvgIpc) is 2.39. The predicted molar refractivity (Wildman–Crippen MR) is 93.3 cm³/mol. The van der Waals surface area contributed by atoms with Crippen molar-refractivity contribution < 1.29 is 4.79 Å². The maximum atomic E-state index is 12.9. The first-order valence-corrected chi connectivity index (χ1v) is 8.62. The topological polar surface area (TPSA) is 17.1 Å². The molecule has 0 heterocycles. The Morgan fingerprint density at radius 1 is 1.10 bits per heavy atom. The standard InChI is InChI=1S/C17H14BrIO/c18-12-8-9-16(19)15(10-12)17(20)14-7-2-1-6-13(14)11-4-3-5-11/h1-2,6-11H,3-5H2. The highest BCUT2D eigenvalue weighted by Crippen LogP contribution is 2.38. The van der Waals surface area contributed by atoms with Gasteiger partial charge in [-0.2, -0.15) is 0 Å². The second-order valence-corrected chi connectivity index (χ2v) is 7.25. The maximum absolute atomic E-state index is 12.9. The highest BCUT2D eigenvalue weighted by Gasteiger charge is 2.25. The smallest absolute Gasteiger partial charge is 0.194 e. The first-order chi connectivity index (χ1) is 9.66. The van der Waals surface area contributed by atoms with E-state index in [1.165, 1.54) is 24.8 Å². The Morgan fingerprint density at radius 3 is 2.55 bits per heavy atom. The van der Waals surface area contributed by atoms with Crippen LogP contribution in [-0.4, -0.2) is 5.78 Å². The Balaban J connectivity index is 2.04. The van der Waals surface area contributed by atoms with Crippen LogP contribution >= 0.6 is 38.5 Å². The number of hydrogen-bond donors (Lipinski definition) is 0. The summed E-state index contributed by atoms with van der Waals surface area (Å²) in [6.07, 6.45) is 3.70. The van der Waals surface area contributed by atoms with Crippen LogP contribution in [0.1, 0.15) is 46.7 Å². The number of ketones is 1. The van der Waals surface area contributed by atoms with Crippen LogP contribution in [-0.2, 0) is 0 Å². The summed E-state index contributed by atoms with van der Waals surface area (Å²) in [6, 6.07) is 13.9. The van der Waals surface area contributed by atoms with E-state index in [2.05, 4.69) is 44.6 Å². The second-order valence-electron chi connectivity index (χ2n) is 5.17. The number of halogens is 2. The number of carbonyl (C=O) groups excluding carboxylic acids is 1. The molecule has 0 saturated heterocycles. The lowest BCUT2D eigenvalue weighted by Gasteiger charge is -2.27. The Morgan fingerprint density at radius 2 is 1.85 bits per heavy atom. The third kappa shape index (κ3) is 2.70. The fourth-order valence-electron chi connectivity index (χ4n) is 2.60. The van der Waals surface area contributed by atoms with Crippen molar-refractivity contribution in [3.05, 3.63) is 67.2 Å². The van der Waals surface area contributed by atoms with E-state index in [-0.39, 0.29) is 5.78 Å². The molecule has 3 rings (SSSR count). The van der Waals surface area contributed by atoms with Crippen molar-refractivity contribution >= 4 is 44.3 Å². The molecular weight excluding hydrogens is 427 g/mol. The van der Waals surface area contributed by atoms with Gasteiger partial charge >= 0.3 is 0 Å². The zero-order valence-electron chi connectivity index (χ0n) is 10.9. The third-order valence-corrected chi connectivity index (χ3v) is 5.36. The zero-order chi connectivity index (χ0) is 14.1. The van der Waals surface area contributed by atoms with Gasteiger partial charge in [-0.3, -0.25) is 4.79 Å². The maximum Gasteiger partial charge on any atom is 0.194 e. The van der Waals surface area contributed by atoms with E-state index in [1.54, 1.807) is 0 Å². The van der Waals surface area contributed by atoms with Crippen LogP contribution in [0.4, 0.5) is 0 Å². The third-order valence-electron chi connectivity index (χ3n) is 3.92. The van der Waals surface area contributed by atoms with Gasteiger partial charge in [-0.25, -0.2) is 0 Å². The molecule has 1 aliphatic carbocycles. The normalized spacial score (nSPS) is 14.9. The highest BCUT2D eigenvalue weighted by atomic mass is 127. The molecule has 0 aliphatic heterocycles. The van der Waals surface area contributed by atoms with Crippen molar-refractivity contribution in [2.75, 3.05) is 0 Å². The molecule has 0 bridgehead atoms. The van der Waals surface area contributed by atoms with Crippen LogP contribution in [0.5, 0.6) is 0 Å². The second kappa shape index (κ2) is 5.98. The van der Waals surface area contributed by atoms with Crippen molar-refractivity contribution in [3.8, 4) is 0 Å². The molecule has 0 N–H and O–H groups in total. The lowest BCUT2D eigenvalue weighted by Crippen LogP contribution is -2.15. The molecule has 0 aromatic heterocycles. The lowest BCUT2D eigenvalue weighted by atomic mass is 9.77.